The zero-order valence-corrected chi connectivity index (χ0v) is 35.1. The lowest BCUT2D eigenvalue weighted by Crippen LogP contribution is -2.24. The van der Waals surface area contributed by atoms with E-state index in [0.29, 0.717) is 61.9 Å². The van der Waals surface area contributed by atoms with Gasteiger partial charge in [-0.25, -0.2) is 0 Å². The molecule has 64 heavy (non-hydrogen) atoms. The molecule has 4 aromatic rings. The van der Waals surface area contributed by atoms with Gasteiger partial charge in [0.25, 0.3) is 0 Å². The second-order valence-corrected chi connectivity index (χ2v) is 12.6. The summed E-state index contributed by atoms with van der Waals surface area (Å²) in [6.07, 6.45) is -6.50. The minimum absolute atomic E-state index is 0.156. The van der Waals surface area contributed by atoms with Crippen molar-refractivity contribution in [3.8, 4) is 35.1 Å². The van der Waals surface area contributed by atoms with E-state index in [4.69, 9.17) is 29.5 Å². The molecule has 20 heteroatoms. The zero-order chi connectivity index (χ0) is 46.8. The Labute approximate surface area is 365 Å². The van der Waals surface area contributed by atoms with Crippen LogP contribution < -0.4 is 18.9 Å². The quantitative estimate of drug-likeness (QED) is 0.0320. The SMILES string of the molecule is CON=C(C#N)c1ccc(OCCCCOc2ccc(C(C#N)=NOC)cc2)cc1.CON=C(c1ccc(OCCCCOc2ccc(C(=NOC)C(F)(F)F)cc2)cc1)C(F)(F)F. The number of alkyl halides is 6. The van der Waals surface area contributed by atoms with Crippen LogP contribution in [-0.4, -0.2) is 90.1 Å². The Bertz CT molecular complexity index is 2060. The smallest absolute Gasteiger partial charge is 0.437 e. The fourth-order valence-corrected chi connectivity index (χ4v) is 5.18. The molecule has 14 nitrogen and oxygen atoms in total. The number of unbranched alkanes of at least 4 members (excludes halogenated alkanes) is 2. The molecule has 0 radical (unpaired) electrons. The average Bonchev–Trinajstić information content (AvgIpc) is 3.28. The van der Waals surface area contributed by atoms with Crippen LogP contribution in [0, 0.1) is 22.7 Å². The van der Waals surface area contributed by atoms with E-state index in [1.165, 1.54) is 62.8 Å². The first-order valence-electron chi connectivity index (χ1n) is 19.1. The molecule has 0 atom stereocenters. The second kappa shape index (κ2) is 26.8. The standard InChI is InChI=1S/C22H22F6N2O4.C22H22N4O4/c1-31-29-19(21(23,24)25)15-5-9-17(10-6-15)33-13-3-4-14-34-18-11-7-16(8-12-18)20(30-32-2)22(26,27)28;1-27-25-21(15-23)17-5-9-19(10-6-17)29-13-3-4-14-30-20-11-7-18(8-12-20)22(16-24)26-28-2/h5-12H,3-4,13-14H2,1-2H3;5-12H,3-4,13-14H2,1-2H3. The predicted molar refractivity (Wildman–Crippen MR) is 224 cm³/mol. The molecular weight excluding hydrogens is 855 g/mol. The first-order valence-corrected chi connectivity index (χ1v) is 19.1. The monoisotopic (exact) mass is 898 g/mol. The van der Waals surface area contributed by atoms with Crippen LogP contribution >= 0.6 is 0 Å². The van der Waals surface area contributed by atoms with Crippen molar-refractivity contribution in [2.75, 3.05) is 54.9 Å². The fourth-order valence-electron chi connectivity index (χ4n) is 5.18. The van der Waals surface area contributed by atoms with Crippen LogP contribution in [0.1, 0.15) is 47.9 Å². The van der Waals surface area contributed by atoms with Gasteiger partial charge in [0.1, 0.15) is 63.6 Å². The molecule has 340 valence electrons. The van der Waals surface area contributed by atoms with Gasteiger partial charge in [-0.1, -0.05) is 20.6 Å². The molecule has 0 aliphatic carbocycles. The van der Waals surface area contributed by atoms with E-state index in [9.17, 15) is 26.3 Å². The van der Waals surface area contributed by atoms with Gasteiger partial charge in [-0.05, 0) is 123 Å². The molecule has 0 heterocycles. The Balaban J connectivity index is 0.000000343. The third-order valence-electron chi connectivity index (χ3n) is 8.14. The Kier molecular flexibility index (Phi) is 21.3. The lowest BCUT2D eigenvalue weighted by molar-refractivity contribution is -0.0616. The molecule has 0 amide bonds. The van der Waals surface area contributed by atoms with Crippen LogP contribution in [0.25, 0.3) is 0 Å². The van der Waals surface area contributed by atoms with Gasteiger partial charge in [0.2, 0.25) is 0 Å². The number of hydrogen-bond acceptors (Lipinski definition) is 14. The average molecular weight is 899 g/mol. The highest BCUT2D eigenvalue weighted by atomic mass is 19.4. The largest absolute Gasteiger partial charge is 0.494 e. The maximum atomic E-state index is 13.0. The Morgan fingerprint density at radius 3 is 0.844 bits per heavy atom. The van der Waals surface area contributed by atoms with Crippen molar-refractivity contribution in [3.05, 3.63) is 119 Å². The lowest BCUT2D eigenvalue weighted by atomic mass is 10.1. The molecular formula is C44H44F6N6O8. The Morgan fingerprint density at radius 2 is 0.641 bits per heavy atom. The van der Waals surface area contributed by atoms with Gasteiger partial charge in [0, 0.05) is 22.3 Å². The van der Waals surface area contributed by atoms with E-state index < -0.39 is 23.8 Å². The molecule has 0 aromatic heterocycles. The molecule has 0 aliphatic heterocycles. The minimum atomic E-state index is -4.66. The summed E-state index contributed by atoms with van der Waals surface area (Å²) < 4.78 is 100. The molecule has 0 saturated carbocycles. The number of rotatable bonds is 22. The third-order valence-corrected chi connectivity index (χ3v) is 8.14. The fraction of sp³-hybridized carbons (Fsp3) is 0.318. The molecule has 0 saturated heterocycles. The highest BCUT2D eigenvalue weighted by Crippen LogP contribution is 2.26. The Morgan fingerprint density at radius 1 is 0.406 bits per heavy atom. The molecule has 4 rings (SSSR count). The maximum absolute atomic E-state index is 13.0. The number of oxime groups is 4. The third kappa shape index (κ3) is 17.5. The summed E-state index contributed by atoms with van der Waals surface area (Å²) in [7, 11) is 4.86. The van der Waals surface area contributed by atoms with Crippen LogP contribution in [0.15, 0.2) is 118 Å². The van der Waals surface area contributed by atoms with Gasteiger partial charge < -0.3 is 38.3 Å². The van der Waals surface area contributed by atoms with E-state index in [-0.39, 0.29) is 22.6 Å². The Hall–Kier alpha value is -7.48. The van der Waals surface area contributed by atoms with Crippen molar-refractivity contribution < 1.29 is 64.6 Å². The van der Waals surface area contributed by atoms with Crippen molar-refractivity contribution >= 4 is 22.8 Å². The summed E-state index contributed by atoms with van der Waals surface area (Å²) in [5.41, 5.74) is -0.843. The zero-order valence-electron chi connectivity index (χ0n) is 35.1. The predicted octanol–water partition coefficient (Wildman–Crippen LogP) is 9.42. The molecule has 0 unspecified atom stereocenters. The second-order valence-electron chi connectivity index (χ2n) is 12.6. The first-order chi connectivity index (χ1) is 30.8. The van der Waals surface area contributed by atoms with Gasteiger partial charge in [-0.3, -0.25) is 0 Å². The van der Waals surface area contributed by atoms with Gasteiger partial charge in [-0.15, -0.1) is 0 Å². The van der Waals surface area contributed by atoms with E-state index in [2.05, 4.69) is 40.0 Å². The number of hydrogen-bond donors (Lipinski definition) is 0. The highest BCUT2D eigenvalue weighted by molar-refractivity contribution is 6.12. The topological polar surface area (TPSA) is 171 Å². The number of benzene rings is 4. The van der Waals surface area contributed by atoms with E-state index >= 15 is 0 Å². The number of nitrogens with zero attached hydrogens (tertiary/aromatic N) is 6. The van der Waals surface area contributed by atoms with Crippen molar-refractivity contribution in [2.24, 2.45) is 20.6 Å². The lowest BCUT2D eigenvalue weighted by Gasteiger charge is -2.12. The molecule has 0 bridgehead atoms. The van der Waals surface area contributed by atoms with Crippen LogP contribution in [0.4, 0.5) is 26.3 Å². The van der Waals surface area contributed by atoms with Gasteiger partial charge in [-0.2, -0.15) is 36.9 Å². The van der Waals surface area contributed by atoms with Crippen LogP contribution in [-0.2, 0) is 19.4 Å². The summed E-state index contributed by atoms with van der Waals surface area (Å²) in [5, 5.41) is 31.4. The number of nitriles is 2. The molecule has 0 fully saturated rings. The summed E-state index contributed by atoms with van der Waals surface area (Å²) >= 11 is 0. The minimum Gasteiger partial charge on any atom is -0.494 e. The first kappa shape index (κ1) is 50.9. The van der Waals surface area contributed by atoms with Crippen molar-refractivity contribution in [2.45, 2.75) is 38.0 Å². The maximum Gasteiger partial charge on any atom is 0.437 e. The normalized spacial score (nSPS) is 12.1. The summed E-state index contributed by atoms with van der Waals surface area (Å²) in [5.74, 6) is 2.21. The molecule has 4 aromatic carbocycles. The van der Waals surface area contributed by atoms with E-state index in [1.54, 1.807) is 48.5 Å². The summed E-state index contributed by atoms with van der Waals surface area (Å²) in [6.45, 7) is 1.70. The van der Waals surface area contributed by atoms with Crippen molar-refractivity contribution in [1.82, 2.24) is 0 Å². The highest BCUT2D eigenvalue weighted by Gasteiger charge is 2.38. The van der Waals surface area contributed by atoms with Gasteiger partial charge in [0.05, 0.1) is 26.4 Å². The number of halogens is 6. The molecule has 0 aliphatic rings. The van der Waals surface area contributed by atoms with E-state index in [1.807, 2.05) is 12.1 Å². The van der Waals surface area contributed by atoms with Crippen LogP contribution in [0.3, 0.4) is 0 Å². The van der Waals surface area contributed by atoms with Crippen molar-refractivity contribution in [1.29, 1.82) is 10.5 Å². The van der Waals surface area contributed by atoms with Gasteiger partial charge >= 0.3 is 12.4 Å². The van der Waals surface area contributed by atoms with E-state index in [0.717, 1.165) is 38.6 Å². The summed E-state index contributed by atoms with van der Waals surface area (Å²) in [6, 6.07) is 28.7. The van der Waals surface area contributed by atoms with Crippen LogP contribution in [0.5, 0.6) is 23.0 Å². The van der Waals surface area contributed by atoms with Crippen molar-refractivity contribution in [3.63, 3.8) is 0 Å². The summed E-state index contributed by atoms with van der Waals surface area (Å²) in [4.78, 5) is 17.8. The molecule has 0 spiro atoms. The number of ether oxygens (including phenoxy) is 4. The molecule has 0 N–H and O–H groups in total. The van der Waals surface area contributed by atoms with Gasteiger partial charge in [0.15, 0.2) is 22.8 Å². The van der Waals surface area contributed by atoms with Crippen LogP contribution in [0.2, 0.25) is 0 Å².